The van der Waals surface area contributed by atoms with Gasteiger partial charge in [-0.15, -0.1) is 0 Å². The molecule has 0 aromatic rings. The van der Waals surface area contributed by atoms with Crippen molar-refractivity contribution in [2.75, 3.05) is 27.8 Å². The summed E-state index contributed by atoms with van der Waals surface area (Å²) in [6.07, 6.45) is -7.35. The van der Waals surface area contributed by atoms with Crippen LogP contribution in [0.15, 0.2) is 0 Å². The third kappa shape index (κ3) is 11.3. The third-order valence-electron chi connectivity index (χ3n) is 12.2. The van der Waals surface area contributed by atoms with Crippen LogP contribution >= 0.6 is 0 Å². The van der Waals surface area contributed by atoms with Crippen molar-refractivity contribution in [1.82, 2.24) is 4.90 Å². The molecule has 0 aliphatic carbocycles. The summed E-state index contributed by atoms with van der Waals surface area (Å²) in [5.74, 6) is -5.69. The van der Waals surface area contributed by atoms with Crippen LogP contribution in [0.3, 0.4) is 0 Å². The lowest BCUT2D eigenvalue weighted by molar-refractivity contribution is -0.301. The van der Waals surface area contributed by atoms with E-state index in [-0.39, 0.29) is 37.4 Å². The Bertz CT molecular complexity index is 1420. The quantitative estimate of drug-likeness (QED) is 0.187. The zero-order valence-electron chi connectivity index (χ0n) is 36.2. The van der Waals surface area contributed by atoms with Crippen LogP contribution in [0, 0.1) is 29.6 Å². The Kier molecular flexibility index (Phi) is 16.1. The molecular weight excluding hydrogens is 746 g/mol. The molecule has 4 fully saturated rings. The minimum absolute atomic E-state index is 0.162. The molecule has 1 unspecified atom stereocenters. The SMILES string of the molecule is CO[C@H]1C[C@H](O[C@H]2[C@H](C)[C@@H](OC3O[C@H](C)C[C@H](N(C)C)[C@H]3OC(C)=O)[C@@H](C)C[C@@]3(CO3)C(=O)[C@H](C)[C@@H](OC(C)=O)[C@@H](C)[C@@H](C)OC(=O)[C@@H]2C)O[C@@H](C)[C@@H]1OC(C)=O. The van der Waals surface area contributed by atoms with Gasteiger partial charge in [-0.05, 0) is 60.5 Å². The molecule has 0 amide bonds. The molecule has 0 bridgehead atoms. The summed E-state index contributed by atoms with van der Waals surface area (Å²) in [6.45, 7) is 18.5. The van der Waals surface area contributed by atoms with E-state index < -0.39 is 120 Å². The van der Waals surface area contributed by atoms with Crippen LogP contribution in [0.2, 0.25) is 0 Å². The second-order valence-electron chi connectivity index (χ2n) is 17.1. The fourth-order valence-corrected chi connectivity index (χ4v) is 8.93. The van der Waals surface area contributed by atoms with Gasteiger partial charge in [-0.2, -0.15) is 0 Å². The van der Waals surface area contributed by atoms with Crippen LogP contribution in [0.1, 0.15) is 95.4 Å². The second kappa shape index (κ2) is 19.6. The van der Waals surface area contributed by atoms with Crippen LogP contribution in [-0.2, 0) is 71.3 Å². The van der Waals surface area contributed by atoms with Gasteiger partial charge in [0.05, 0.1) is 48.9 Å². The van der Waals surface area contributed by atoms with Gasteiger partial charge in [0.1, 0.15) is 18.3 Å². The standard InChI is InChI=1S/C41H67NO15/c1-19-17-41(18-49-41)38(46)23(5)34(53-27(9)43)21(3)25(7)52-39(47)24(6)35(56-32-16-31(48-14)36(26(8)51-32)54-28(10)44)22(4)33(19)57-40-37(55-29(11)45)30(42(12)13)15-20(2)50-40/h19-26,30-37,40H,15-18H2,1-14H3/t19-,20+,21-,22+,23+,24+,25+,26-,30-,31-,32-,33-,34-,35-,36-,37+,40?,41+/m0/s1. The second-order valence-corrected chi connectivity index (χ2v) is 17.1. The molecule has 4 rings (SSSR count). The summed E-state index contributed by atoms with van der Waals surface area (Å²) >= 11 is 0. The summed E-state index contributed by atoms with van der Waals surface area (Å²) in [5.41, 5.74) is -1.19. The summed E-state index contributed by atoms with van der Waals surface area (Å²) in [6, 6.07) is -0.247. The van der Waals surface area contributed by atoms with Crippen LogP contribution in [0.4, 0.5) is 0 Å². The first-order valence-electron chi connectivity index (χ1n) is 20.3. The number of likely N-dealkylation sites (N-methyl/N-ethyl adjacent to an activating group) is 1. The number of esters is 4. The van der Waals surface area contributed by atoms with Gasteiger partial charge in [-0.1, -0.05) is 27.7 Å². The maximum Gasteiger partial charge on any atom is 0.311 e. The molecule has 16 nitrogen and oxygen atoms in total. The topological polar surface area (TPSA) is 184 Å². The van der Waals surface area contributed by atoms with Crippen molar-refractivity contribution < 1.29 is 71.3 Å². The summed E-state index contributed by atoms with van der Waals surface area (Å²) in [5, 5.41) is 0. The van der Waals surface area contributed by atoms with Gasteiger partial charge >= 0.3 is 23.9 Å². The van der Waals surface area contributed by atoms with E-state index in [1.165, 1.54) is 27.9 Å². The largest absolute Gasteiger partial charge is 0.462 e. The van der Waals surface area contributed by atoms with Crippen LogP contribution in [-0.4, -0.2) is 142 Å². The molecule has 0 aromatic heterocycles. The molecule has 326 valence electrons. The molecule has 4 aliphatic heterocycles. The van der Waals surface area contributed by atoms with Gasteiger partial charge in [-0.3, -0.25) is 24.0 Å². The van der Waals surface area contributed by atoms with Crippen molar-refractivity contribution in [3.8, 4) is 0 Å². The van der Waals surface area contributed by atoms with E-state index >= 15 is 0 Å². The molecule has 4 saturated heterocycles. The number of hydrogen-bond acceptors (Lipinski definition) is 16. The Labute approximate surface area is 337 Å². The fourth-order valence-electron chi connectivity index (χ4n) is 8.93. The van der Waals surface area contributed by atoms with Crippen molar-refractivity contribution in [3.05, 3.63) is 0 Å². The zero-order valence-corrected chi connectivity index (χ0v) is 36.2. The van der Waals surface area contributed by atoms with Crippen molar-refractivity contribution in [2.24, 2.45) is 29.6 Å². The number of hydrogen-bond donors (Lipinski definition) is 0. The molecule has 0 N–H and O–H groups in total. The van der Waals surface area contributed by atoms with Gasteiger partial charge in [0.2, 0.25) is 0 Å². The molecule has 4 heterocycles. The lowest BCUT2D eigenvalue weighted by Crippen LogP contribution is -2.58. The van der Waals surface area contributed by atoms with E-state index in [2.05, 4.69) is 0 Å². The van der Waals surface area contributed by atoms with Crippen molar-refractivity contribution in [3.63, 3.8) is 0 Å². The number of carbonyl (C=O) groups excluding carboxylic acids is 5. The third-order valence-corrected chi connectivity index (χ3v) is 12.2. The van der Waals surface area contributed by atoms with Gasteiger partial charge in [-0.25, -0.2) is 0 Å². The molecule has 57 heavy (non-hydrogen) atoms. The number of rotatable bonds is 9. The van der Waals surface area contributed by atoms with Crippen molar-refractivity contribution in [1.29, 1.82) is 0 Å². The van der Waals surface area contributed by atoms with E-state index in [0.29, 0.717) is 6.42 Å². The molecular formula is C41H67NO15. The first-order valence-corrected chi connectivity index (χ1v) is 20.3. The summed E-state index contributed by atoms with van der Waals surface area (Å²) in [7, 11) is 5.31. The molecule has 18 atom stereocenters. The first kappa shape index (κ1) is 47.0. The zero-order chi connectivity index (χ0) is 42.7. The van der Waals surface area contributed by atoms with Crippen LogP contribution in [0.5, 0.6) is 0 Å². The maximum absolute atomic E-state index is 14.4. The van der Waals surface area contributed by atoms with E-state index in [9.17, 15) is 24.0 Å². The monoisotopic (exact) mass is 813 g/mol. The Morgan fingerprint density at radius 2 is 1.28 bits per heavy atom. The van der Waals surface area contributed by atoms with Crippen LogP contribution in [0.25, 0.3) is 0 Å². The lowest BCUT2D eigenvalue weighted by Gasteiger charge is -2.46. The average molecular weight is 814 g/mol. The summed E-state index contributed by atoms with van der Waals surface area (Å²) in [4.78, 5) is 67.4. The predicted molar refractivity (Wildman–Crippen MR) is 202 cm³/mol. The normalized spacial score (nSPS) is 43.5. The molecule has 1 spiro atoms. The van der Waals surface area contributed by atoms with E-state index in [1.54, 1.807) is 34.6 Å². The van der Waals surface area contributed by atoms with Gasteiger partial charge in [0.25, 0.3) is 0 Å². The first-order chi connectivity index (χ1) is 26.6. The number of ether oxygens (including phenoxy) is 10. The highest BCUT2D eigenvalue weighted by Gasteiger charge is 2.58. The lowest BCUT2D eigenvalue weighted by atomic mass is 9.76. The smallest absolute Gasteiger partial charge is 0.311 e. The number of ketones is 1. The number of carbonyl (C=O) groups is 5. The minimum atomic E-state index is -1.19. The highest BCUT2D eigenvalue weighted by molar-refractivity contribution is 5.92. The fraction of sp³-hybridized carbons (Fsp3) is 0.878. The predicted octanol–water partition coefficient (Wildman–Crippen LogP) is 3.62. The molecule has 16 heteroatoms. The Balaban J connectivity index is 1.82. The van der Waals surface area contributed by atoms with Crippen LogP contribution < -0.4 is 0 Å². The van der Waals surface area contributed by atoms with Crippen molar-refractivity contribution in [2.45, 2.75) is 175 Å². The molecule has 4 aliphatic rings. The van der Waals surface area contributed by atoms with E-state index in [4.69, 9.17) is 47.4 Å². The number of cyclic esters (lactones) is 1. The molecule has 0 saturated carbocycles. The van der Waals surface area contributed by atoms with Crippen molar-refractivity contribution >= 4 is 29.7 Å². The van der Waals surface area contributed by atoms with Gasteiger partial charge in [0.15, 0.2) is 36.2 Å². The number of Topliss-reactive ketones (excluding diaryl/α,β-unsaturated/α-hetero) is 1. The van der Waals surface area contributed by atoms with Gasteiger partial charge < -0.3 is 52.3 Å². The van der Waals surface area contributed by atoms with E-state index in [1.807, 2.05) is 39.8 Å². The number of methoxy groups -OCH3 is 1. The molecule has 0 aromatic carbocycles. The Morgan fingerprint density at radius 1 is 0.702 bits per heavy atom. The maximum atomic E-state index is 14.4. The van der Waals surface area contributed by atoms with E-state index in [0.717, 1.165) is 0 Å². The van der Waals surface area contributed by atoms with Gasteiger partial charge in [0, 0.05) is 46.1 Å². The number of nitrogens with zero attached hydrogens (tertiary/aromatic N) is 1. The Hall–Kier alpha value is -2.73. The summed E-state index contributed by atoms with van der Waals surface area (Å²) < 4.78 is 61.5. The Morgan fingerprint density at radius 3 is 1.82 bits per heavy atom. The minimum Gasteiger partial charge on any atom is -0.462 e. The number of epoxide rings is 1. The highest BCUT2D eigenvalue weighted by atomic mass is 16.7. The highest BCUT2D eigenvalue weighted by Crippen LogP contribution is 2.44. The average Bonchev–Trinajstić information content (AvgIpc) is 3.91. The molecule has 0 radical (unpaired) electrons.